The lowest BCUT2D eigenvalue weighted by molar-refractivity contribution is 0.413. The predicted molar refractivity (Wildman–Crippen MR) is 91.5 cm³/mol. The van der Waals surface area contributed by atoms with E-state index in [2.05, 4.69) is 9.97 Å². The van der Waals surface area contributed by atoms with Gasteiger partial charge in [0.15, 0.2) is 5.82 Å². The van der Waals surface area contributed by atoms with Gasteiger partial charge >= 0.3 is 0 Å². The number of ether oxygens (including phenoxy) is 1. The predicted octanol–water partition coefficient (Wildman–Crippen LogP) is 3.96. The van der Waals surface area contributed by atoms with E-state index in [0.717, 1.165) is 28.3 Å². The fourth-order valence-electron chi connectivity index (χ4n) is 2.37. The van der Waals surface area contributed by atoms with E-state index >= 15 is 0 Å². The van der Waals surface area contributed by atoms with E-state index in [1.807, 2.05) is 55.5 Å². The summed E-state index contributed by atoms with van der Waals surface area (Å²) in [5.41, 5.74) is 3.48. The summed E-state index contributed by atoms with van der Waals surface area (Å²) in [6.45, 7) is 2.00. The molecule has 3 aromatic rings. The largest absolute Gasteiger partial charge is 0.494 e. The molecule has 2 aromatic carbocycles. The van der Waals surface area contributed by atoms with Crippen LogP contribution in [0, 0.1) is 6.92 Å². The number of rotatable bonds is 4. The minimum atomic E-state index is 0.585. The number of aliphatic imine (C=N–C) groups is 1. The molecular formula is C19H17N3O. The summed E-state index contributed by atoms with van der Waals surface area (Å²) in [7, 11) is 1.66. The van der Waals surface area contributed by atoms with Crippen molar-refractivity contribution in [1.29, 1.82) is 0 Å². The SMILES string of the molecule is COc1c(C)cccc1N=C(c1ccccc1)c1ncccn1. The highest BCUT2D eigenvalue weighted by atomic mass is 16.5. The van der Waals surface area contributed by atoms with E-state index < -0.39 is 0 Å². The lowest BCUT2D eigenvalue weighted by Gasteiger charge is -2.10. The summed E-state index contributed by atoms with van der Waals surface area (Å²) < 4.78 is 5.50. The molecule has 0 atom stereocenters. The Morgan fingerprint density at radius 3 is 2.35 bits per heavy atom. The number of nitrogens with zero attached hydrogens (tertiary/aromatic N) is 3. The van der Waals surface area contributed by atoms with E-state index in [9.17, 15) is 0 Å². The van der Waals surface area contributed by atoms with Gasteiger partial charge in [-0.05, 0) is 24.6 Å². The molecule has 0 aliphatic rings. The van der Waals surface area contributed by atoms with Crippen LogP contribution in [0.5, 0.6) is 5.75 Å². The summed E-state index contributed by atoms with van der Waals surface area (Å²) in [5.74, 6) is 1.35. The third-order valence-corrected chi connectivity index (χ3v) is 3.45. The second kappa shape index (κ2) is 6.83. The van der Waals surface area contributed by atoms with Gasteiger partial charge in [-0.15, -0.1) is 0 Å². The average molecular weight is 303 g/mol. The van der Waals surface area contributed by atoms with Crippen LogP contribution in [0.15, 0.2) is 72.0 Å². The summed E-state index contributed by atoms with van der Waals surface area (Å²) in [5, 5.41) is 0. The van der Waals surface area contributed by atoms with Gasteiger partial charge in [-0.3, -0.25) is 0 Å². The number of methoxy groups -OCH3 is 1. The Morgan fingerprint density at radius 1 is 0.913 bits per heavy atom. The highest BCUT2D eigenvalue weighted by molar-refractivity contribution is 6.11. The van der Waals surface area contributed by atoms with Crippen LogP contribution in [-0.2, 0) is 0 Å². The molecule has 0 radical (unpaired) electrons. The van der Waals surface area contributed by atoms with Crippen molar-refractivity contribution in [2.75, 3.05) is 7.11 Å². The lowest BCUT2D eigenvalue weighted by atomic mass is 10.1. The van der Waals surface area contributed by atoms with Crippen molar-refractivity contribution in [2.45, 2.75) is 6.92 Å². The smallest absolute Gasteiger partial charge is 0.178 e. The van der Waals surface area contributed by atoms with E-state index in [-0.39, 0.29) is 0 Å². The van der Waals surface area contributed by atoms with Crippen LogP contribution in [0.25, 0.3) is 0 Å². The molecule has 0 bridgehead atoms. The van der Waals surface area contributed by atoms with Gasteiger partial charge in [0.2, 0.25) is 0 Å². The molecule has 0 N–H and O–H groups in total. The minimum Gasteiger partial charge on any atom is -0.494 e. The van der Waals surface area contributed by atoms with Crippen LogP contribution in [0.3, 0.4) is 0 Å². The molecule has 0 fully saturated rings. The summed E-state index contributed by atoms with van der Waals surface area (Å²) in [4.78, 5) is 13.5. The van der Waals surface area contributed by atoms with Gasteiger partial charge in [-0.25, -0.2) is 15.0 Å². The number of aromatic nitrogens is 2. The van der Waals surface area contributed by atoms with Gasteiger partial charge in [0.1, 0.15) is 17.1 Å². The fourth-order valence-corrected chi connectivity index (χ4v) is 2.37. The quantitative estimate of drug-likeness (QED) is 0.685. The van der Waals surface area contributed by atoms with Gasteiger partial charge in [0, 0.05) is 18.0 Å². The Bertz CT molecular complexity index is 773. The van der Waals surface area contributed by atoms with Gasteiger partial charge in [0.25, 0.3) is 0 Å². The van der Waals surface area contributed by atoms with E-state index in [0.29, 0.717) is 5.82 Å². The second-order valence-corrected chi connectivity index (χ2v) is 5.03. The maximum Gasteiger partial charge on any atom is 0.178 e. The first-order valence-electron chi connectivity index (χ1n) is 7.34. The first-order chi connectivity index (χ1) is 11.3. The zero-order valence-corrected chi connectivity index (χ0v) is 13.1. The summed E-state index contributed by atoms with van der Waals surface area (Å²) in [6, 6.07) is 17.6. The monoisotopic (exact) mass is 303 g/mol. The minimum absolute atomic E-state index is 0.585. The van der Waals surface area contributed by atoms with Crippen LogP contribution < -0.4 is 4.74 Å². The van der Waals surface area contributed by atoms with E-state index in [1.54, 1.807) is 25.6 Å². The standard InChI is InChI=1S/C19H17N3O/c1-14-8-6-11-16(18(14)23-2)22-17(15-9-4-3-5-10-15)19-20-12-7-13-21-19/h3-13H,1-2H3. The molecule has 0 aliphatic heterocycles. The molecule has 3 rings (SSSR count). The normalized spacial score (nSPS) is 11.3. The molecule has 4 nitrogen and oxygen atoms in total. The van der Waals surface area contributed by atoms with Gasteiger partial charge < -0.3 is 4.74 Å². The Hall–Kier alpha value is -3.01. The zero-order chi connectivity index (χ0) is 16.1. The highest BCUT2D eigenvalue weighted by Crippen LogP contribution is 2.31. The summed E-state index contributed by atoms with van der Waals surface area (Å²) in [6.07, 6.45) is 3.43. The lowest BCUT2D eigenvalue weighted by Crippen LogP contribution is -2.08. The van der Waals surface area contributed by atoms with E-state index in [4.69, 9.17) is 9.73 Å². The second-order valence-electron chi connectivity index (χ2n) is 5.03. The molecule has 1 aromatic heterocycles. The molecule has 0 unspecified atom stereocenters. The summed E-state index contributed by atoms with van der Waals surface area (Å²) >= 11 is 0. The van der Waals surface area contributed by atoms with Crippen LogP contribution in [0.4, 0.5) is 5.69 Å². The molecule has 0 aliphatic carbocycles. The molecule has 4 heteroatoms. The van der Waals surface area contributed by atoms with Crippen molar-refractivity contribution in [3.05, 3.63) is 83.9 Å². The molecule has 1 heterocycles. The van der Waals surface area contributed by atoms with Crippen molar-refractivity contribution in [2.24, 2.45) is 4.99 Å². The molecular weight excluding hydrogens is 286 g/mol. The topological polar surface area (TPSA) is 47.4 Å². The number of hydrogen-bond donors (Lipinski definition) is 0. The molecule has 114 valence electrons. The van der Waals surface area contributed by atoms with Gasteiger partial charge in [0.05, 0.1) is 7.11 Å². The number of benzene rings is 2. The number of hydrogen-bond acceptors (Lipinski definition) is 4. The van der Waals surface area contributed by atoms with Crippen LogP contribution in [0.2, 0.25) is 0 Å². The molecule has 0 spiro atoms. The van der Waals surface area contributed by atoms with Crippen molar-refractivity contribution >= 4 is 11.4 Å². The van der Waals surface area contributed by atoms with Gasteiger partial charge in [-0.1, -0.05) is 42.5 Å². The zero-order valence-electron chi connectivity index (χ0n) is 13.1. The number of para-hydroxylation sites is 1. The fraction of sp³-hybridized carbons (Fsp3) is 0.105. The van der Waals surface area contributed by atoms with Crippen molar-refractivity contribution < 1.29 is 4.74 Å². The molecule has 0 saturated heterocycles. The highest BCUT2D eigenvalue weighted by Gasteiger charge is 2.12. The van der Waals surface area contributed by atoms with Crippen LogP contribution in [0.1, 0.15) is 17.0 Å². The first kappa shape index (κ1) is 14.9. The van der Waals surface area contributed by atoms with Crippen LogP contribution in [-0.4, -0.2) is 22.8 Å². The molecule has 23 heavy (non-hydrogen) atoms. The van der Waals surface area contributed by atoms with Crippen molar-refractivity contribution in [3.63, 3.8) is 0 Å². The maximum atomic E-state index is 5.50. The maximum absolute atomic E-state index is 5.50. The Morgan fingerprint density at radius 2 is 1.65 bits per heavy atom. The third-order valence-electron chi connectivity index (χ3n) is 3.45. The van der Waals surface area contributed by atoms with E-state index in [1.165, 1.54) is 0 Å². The Labute approximate surface area is 135 Å². The third kappa shape index (κ3) is 3.26. The number of aryl methyl sites for hydroxylation is 1. The Kier molecular flexibility index (Phi) is 4.43. The molecule has 0 saturated carbocycles. The van der Waals surface area contributed by atoms with Crippen molar-refractivity contribution in [1.82, 2.24) is 9.97 Å². The first-order valence-corrected chi connectivity index (χ1v) is 7.34. The van der Waals surface area contributed by atoms with Gasteiger partial charge in [-0.2, -0.15) is 0 Å². The molecule has 0 amide bonds. The van der Waals surface area contributed by atoms with Crippen molar-refractivity contribution in [3.8, 4) is 5.75 Å². The van der Waals surface area contributed by atoms with Crippen LogP contribution >= 0.6 is 0 Å². The Balaban J connectivity index is 2.19. The average Bonchev–Trinajstić information content (AvgIpc) is 2.61.